The third kappa shape index (κ3) is 4.62. The summed E-state index contributed by atoms with van der Waals surface area (Å²) >= 11 is 0. The van der Waals surface area contributed by atoms with E-state index in [4.69, 9.17) is 0 Å². The van der Waals surface area contributed by atoms with Gasteiger partial charge in [0.05, 0.1) is 12.0 Å². The van der Waals surface area contributed by atoms with Gasteiger partial charge in [-0.3, -0.25) is 4.99 Å². The second-order valence-electron chi connectivity index (χ2n) is 5.16. The second kappa shape index (κ2) is 8.87. The zero-order chi connectivity index (χ0) is 15.6. The fraction of sp³-hybridized carbons (Fsp3) is 0.412. The molecule has 22 heavy (non-hydrogen) atoms. The number of rotatable bonds is 7. The maximum Gasteiger partial charge on any atom is 0.191 e. The fourth-order valence-electron chi connectivity index (χ4n) is 2.30. The number of unbranched alkanes of at least 4 members (excludes halogenated alkanes) is 2. The molecule has 0 amide bonds. The second-order valence-corrected chi connectivity index (χ2v) is 5.16. The summed E-state index contributed by atoms with van der Waals surface area (Å²) in [4.78, 5) is 8.38. The Morgan fingerprint density at radius 2 is 2.09 bits per heavy atom. The van der Waals surface area contributed by atoms with Gasteiger partial charge in [0.2, 0.25) is 0 Å². The van der Waals surface area contributed by atoms with Gasteiger partial charge in [-0.05, 0) is 18.1 Å². The Morgan fingerprint density at radius 1 is 1.23 bits per heavy atom. The Balaban J connectivity index is 1.93. The van der Waals surface area contributed by atoms with E-state index in [1.165, 1.54) is 24.8 Å². The number of hydrogen-bond donors (Lipinski definition) is 2. The Labute approximate surface area is 132 Å². The van der Waals surface area contributed by atoms with E-state index in [1.807, 2.05) is 23.2 Å². The van der Waals surface area contributed by atoms with Crippen LogP contribution in [0.2, 0.25) is 0 Å². The molecule has 1 aromatic carbocycles. The van der Waals surface area contributed by atoms with Crippen LogP contribution in [0.15, 0.2) is 48.0 Å². The zero-order valence-corrected chi connectivity index (χ0v) is 13.4. The first-order valence-electron chi connectivity index (χ1n) is 7.86. The van der Waals surface area contributed by atoms with Crippen LogP contribution < -0.4 is 10.6 Å². The van der Waals surface area contributed by atoms with Crippen LogP contribution in [0.4, 0.5) is 0 Å². The van der Waals surface area contributed by atoms with E-state index in [-0.39, 0.29) is 0 Å². The first-order valence-corrected chi connectivity index (χ1v) is 7.86. The molecule has 2 rings (SSSR count). The minimum Gasteiger partial charge on any atom is -0.356 e. The molecule has 2 aromatic rings. The third-order valence-corrected chi connectivity index (χ3v) is 3.52. The highest BCUT2D eigenvalue weighted by molar-refractivity contribution is 5.79. The number of nitrogens with zero attached hydrogens (tertiary/aromatic N) is 3. The number of aromatic nitrogens is 2. The Hall–Kier alpha value is -2.30. The van der Waals surface area contributed by atoms with Crippen molar-refractivity contribution in [2.75, 3.05) is 13.6 Å². The highest BCUT2D eigenvalue weighted by Gasteiger charge is 2.04. The molecule has 0 saturated carbocycles. The van der Waals surface area contributed by atoms with Gasteiger partial charge in [-0.1, -0.05) is 38.0 Å². The summed E-state index contributed by atoms with van der Waals surface area (Å²) in [5, 5.41) is 6.72. The number of guanidine groups is 1. The van der Waals surface area contributed by atoms with Crippen molar-refractivity contribution in [1.29, 1.82) is 0 Å². The van der Waals surface area contributed by atoms with Gasteiger partial charge < -0.3 is 15.2 Å². The Kier molecular flexibility index (Phi) is 6.48. The van der Waals surface area contributed by atoms with Crippen molar-refractivity contribution >= 4 is 5.96 Å². The largest absolute Gasteiger partial charge is 0.356 e. The van der Waals surface area contributed by atoms with E-state index in [2.05, 4.69) is 45.7 Å². The maximum atomic E-state index is 4.27. The molecule has 5 nitrogen and oxygen atoms in total. The van der Waals surface area contributed by atoms with E-state index in [1.54, 1.807) is 13.2 Å². The van der Waals surface area contributed by atoms with Crippen molar-refractivity contribution in [2.45, 2.75) is 32.7 Å². The molecule has 1 heterocycles. The molecule has 0 atom stereocenters. The predicted molar refractivity (Wildman–Crippen MR) is 91.3 cm³/mol. The molecule has 0 unspecified atom stereocenters. The Bertz CT molecular complexity index is 574. The van der Waals surface area contributed by atoms with E-state index in [0.717, 1.165) is 24.7 Å². The van der Waals surface area contributed by atoms with Gasteiger partial charge in [0.25, 0.3) is 0 Å². The first kappa shape index (κ1) is 16.1. The van der Waals surface area contributed by atoms with Gasteiger partial charge in [-0.25, -0.2) is 4.98 Å². The Morgan fingerprint density at radius 3 is 2.82 bits per heavy atom. The minimum absolute atomic E-state index is 0.724. The molecule has 118 valence electrons. The van der Waals surface area contributed by atoms with Crippen LogP contribution in [-0.4, -0.2) is 29.1 Å². The number of hydrogen-bond acceptors (Lipinski definition) is 2. The molecule has 0 saturated heterocycles. The van der Waals surface area contributed by atoms with Crippen LogP contribution in [0.1, 0.15) is 31.7 Å². The van der Waals surface area contributed by atoms with Crippen LogP contribution in [0.3, 0.4) is 0 Å². The van der Waals surface area contributed by atoms with Crippen molar-refractivity contribution < 1.29 is 0 Å². The summed E-state index contributed by atoms with van der Waals surface area (Å²) in [6.07, 6.45) is 9.20. The van der Waals surface area contributed by atoms with Gasteiger partial charge in [-0.15, -0.1) is 0 Å². The van der Waals surface area contributed by atoms with Gasteiger partial charge >= 0.3 is 0 Å². The van der Waals surface area contributed by atoms with E-state index < -0.39 is 0 Å². The zero-order valence-electron chi connectivity index (χ0n) is 13.4. The topological polar surface area (TPSA) is 54.2 Å². The highest BCUT2D eigenvalue weighted by atomic mass is 15.2. The molecule has 0 aliphatic rings. The van der Waals surface area contributed by atoms with Gasteiger partial charge in [-0.2, -0.15) is 0 Å². The quantitative estimate of drug-likeness (QED) is 0.469. The number of para-hydroxylation sites is 1. The maximum absolute atomic E-state index is 4.27. The van der Waals surface area contributed by atoms with Crippen LogP contribution >= 0.6 is 0 Å². The molecule has 0 radical (unpaired) electrons. The van der Waals surface area contributed by atoms with Crippen LogP contribution in [-0.2, 0) is 6.54 Å². The summed E-state index contributed by atoms with van der Waals surface area (Å²) < 4.78 is 2.02. The van der Waals surface area contributed by atoms with E-state index in [9.17, 15) is 0 Å². The normalized spacial score (nSPS) is 11.5. The van der Waals surface area contributed by atoms with Crippen LogP contribution in [0.5, 0.6) is 0 Å². The SMILES string of the molecule is CCCCCNC(=NC)NCc1ccccc1-n1ccnc1. The lowest BCUT2D eigenvalue weighted by molar-refractivity contribution is 0.682. The van der Waals surface area contributed by atoms with Crippen LogP contribution in [0.25, 0.3) is 5.69 Å². The van der Waals surface area contributed by atoms with E-state index >= 15 is 0 Å². The van der Waals surface area contributed by atoms with Crippen LogP contribution in [0, 0.1) is 0 Å². The molecule has 5 heteroatoms. The fourth-order valence-corrected chi connectivity index (χ4v) is 2.30. The van der Waals surface area contributed by atoms with Crippen molar-refractivity contribution in [1.82, 2.24) is 20.2 Å². The number of benzene rings is 1. The summed E-state index contributed by atoms with van der Waals surface area (Å²) in [5.74, 6) is 0.844. The first-order chi connectivity index (χ1) is 10.8. The van der Waals surface area contributed by atoms with Gasteiger partial charge in [0.15, 0.2) is 5.96 Å². The average molecular weight is 299 g/mol. The lowest BCUT2D eigenvalue weighted by Crippen LogP contribution is -2.37. The summed E-state index contributed by atoms with van der Waals surface area (Å²) in [7, 11) is 1.80. The third-order valence-electron chi connectivity index (χ3n) is 3.52. The van der Waals surface area contributed by atoms with Crippen molar-refractivity contribution in [3.8, 4) is 5.69 Å². The smallest absolute Gasteiger partial charge is 0.191 e. The highest BCUT2D eigenvalue weighted by Crippen LogP contribution is 2.13. The van der Waals surface area contributed by atoms with Crippen molar-refractivity contribution in [3.05, 3.63) is 48.5 Å². The molecular formula is C17H25N5. The van der Waals surface area contributed by atoms with Gasteiger partial charge in [0.1, 0.15) is 0 Å². The number of aliphatic imine (C=N–C) groups is 1. The van der Waals surface area contributed by atoms with Crippen molar-refractivity contribution in [2.24, 2.45) is 4.99 Å². The predicted octanol–water partition coefficient (Wildman–Crippen LogP) is 2.73. The molecule has 0 spiro atoms. The molecule has 0 aliphatic heterocycles. The standard InChI is InChI=1S/C17H25N5/c1-3-4-7-10-20-17(18-2)21-13-15-8-5-6-9-16(15)22-12-11-19-14-22/h5-6,8-9,11-12,14H,3-4,7,10,13H2,1-2H3,(H2,18,20,21). The molecule has 0 fully saturated rings. The molecule has 1 aromatic heterocycles. The van der Waals surface area contributed by atoms with Gasteiger partial charge in [0, 0.05) is 32.5 Å². The summed E-state index contributed by atoms with van der Waals surface area (Å²) in [6, 6.07) is 8.30. The molecule has 0 aliphatic carbocycles. The number of imidazole rings is 1. The lowest BCUT2D eigenvalue weighted by Gasteiger charge is -2.14. The molecular weight excluding hydrogens is 274 g/mol. The molecule has 0 bridgehead atoms. The van der Waals surface area contributed by atoms with E-state index in [0.29, 0.717) is 0 Å². The van der Waals surface area contributed by atoms with Crippen molar-refractivity contribution in [3.63, 3.8) is 0 Å². The lowest BCUT2D eigenvalue weighted by atomic mass is 10.1. The monoisotopic (exact) mass is 299 g/mol. The minimum atomic E-state index is 0.724. The number of nitrogens with one attached hydrogen (secondary N) is 2. The summed E-state index contributed by atoms with van der Waals surface area (Å²) in [5.41, 5.74) is 2.34. The summed E-state index contributed by atoms with van der Waals surface area (Å²) in [6.45, 7) is 3.89. The average Bonchev–Trinajstić information content (AvgIpc) is 3.09. The molecule has 2 N–H and O–H groups in total.